The van der Waals surface area contributed by atoms with Gasteiger partial charge in [0.15, 0.2) is 11.6 Å². The van der Waals surface area contributed by atoms with Crippen molar-refractivity contribution in [3.63, 3.8) is 0 Å². The summed E-state index contributed by atoms with van der Waals surface area (Å²) in [6, 6.07) is 2.96. The van der Waals surface area contributed by atoms with Crippen LogP contribution in [0.25, 0.3) is 0 Å². The molecule has 2 rings (SSSR count). The Labute approximate surface area is 170 Å². The molecule has 1 N–H and O–H groups in total. The minimum Gasteiger partial charge on any atom is -0.505 e. The second kappa shape index (κ2) is 8.54. The lowest BCUT2D eigenvalue weighted by molar-refractivity contribution is -0.0469. The molecule has 0 aliphatic carbocycles. The van der Waals surface area contributed by atoms with Gasteiger partial charge in [-0.25, -0.2) is 18.9 Å². The van der Waals surface area contributed by atoms with E-state index < -0.39 is 41.1 Å². The quantitative estimate of drug-likeness (QED) is 0.762. The number of amides is 3. The Hall–Kier alpha value is -2.39. The highest BCUT2D eigenvalue weighted by Crippen LogP contribution is 2.31. The first-order valence-electron chi connectivity index (χ1n) is 9.30. The molecule has 1 aliphatic rings. The second-order valence-electron chi connectivity index (χ2n) is 8.38. The highest BCUT2D eigenvalue weighted by molar-refractivity contribution is 5.91. The molecule has 1 atom stereocenters. The molecule has 0 saturated carbocycles. The molecule has 0 bridgehead atoms. The summed E-state index contributed by atoms with van der Waals surface area (Å²) in [7, 11) is 1.37. The predicted molar refractivity (Wildman–Crippen MR) is 103 cm³/mol. The molecule has 1 aromatic carbocycles. The molecular weight excluding hydrogens is 383 g/mol. The molecule has 1 heterocycles. The summed E-state index contributed by atoms with van der Waals surface area (Å²) in [5.74, 6) is -1.19. The fourth-order valence-electron chi connectivity index (χ4n) is 3.13. The molecule has 1 aliphatic heterocycles. The van der Waals surface area contributed by atoms with Crippen LogP contribution in [0.4, 0.5) is 14.0 Å². The third kappa shape index (κ3) is 5.57. The summed E-state index contributed by atoms with van der Waals surface area (Å²) in [6.45, 7) is 8.43. The van der Waals surface area contributed by atoms with Gasteiger partial charge in [0.05, 0.1) is 12.6 Å². The number of nitrogens with zero attached hydrogens (tertiary/aromatic N) is 2. The monoisotopic (exact) mass is 412 g/mol. The average Bonchev–Trinajstić information content (AvgIpc) is 2.88. The zero-order valence-corrected chi connectivity index (χ0v) is 17.7. The summed E-state index contributed by atoms with van der Waals surface area (Å²) in [5.41, 5.74) is -1.20. The van der Waals surface area contributed by atoms with Gasteiger partial charge in [0.2, 0.25) is 0 Å². The first kappa shape index (κ1) is 22.9. The van der Waals surface area contributed by atoms with E-state index in [4.69, 9.17) is 14.2 Å². The standard InChI is InChI=1S/C20H29FN2O6/c1-19(2,3)29-18(26)22(12-27-6)17(25)23-14(11-28-20(23,4)5)9-13-7-8-16(24)15(21)10-13/h7-8,10,14,24H,9,11-12H2,1-6H3. The lowest BCUT2D eigenvalue weighted by atomic mass is 10.0. The van der Waals surface area contributed by atoms with Crippen LogP contribution < -0.4 is 0 Å². The maximum absolute atomic E-state index is 13.7. The number of carbonyl (C=O) groups excluding carboxylic acids is 2. The van der Waals surface area contributed by atoms with Crippen LogP contribution in [0.15, 0.2) is 18.2 Å². The zero-order chi connectivity index (χ0) is 22.0. The molecule has 0 spiro atoms. The second-order valence-corrected chi connectivity index (χ2v) is 8.38. The van der Waals surface area contributed by atoms with E-state index in [2.05, 4.69) is 0 Å². The lowest BCUT2D eigenvalue weighted by Gasteiger charge is -2.37. The maximum Gasteiger partial charge on any atom is 0.420 e. The minimum absolute atomic E-state index is 0.205. The highest BCUT2D eigenvalue weighted by Gasteiger charge is 2.47. The van der Waals surface area contributed by atoms with Gasteiger partial charge in [0.25, 0.3) is 0 Å². The summed E-state index contributed by atoms with van der Waals surface area (Å²) in [6.07, 6.45) is -0.553. The van der Waals surface area contributed by atoms with E-state index in [0.29, 0.717) is 5.56 Å². The Bertz CT molecular complexity index is 762. The van der Waals surface area contributed by atoms with Crippen molar-refractivity contribution in [3.05, 3.63) is 29.6 Å². The van der Waals surface area contributed by atoms with E-state index in [-0.39, 0.29) is 19.8 Å². The first-order chi connectivity index (χ1) is 13.4. The normalized spacial score (nSPS) is 18.6. The number of phenolic OH excluding ortho intramolecular Hbond substituents is 1. The molecule has 3 amide bonds. The molecular formula is C20H29FN2O6. The van der Waals surface area contributed by atoms with Gasteiger partial charge < -0.3 is 19.3 Å². The van der Waals surface area contributed by atoms with Crippen LogP contribution >= 0.6 is 0 Å². The summed E-state index contributed by atoms with van der Waals surface area (Å²) >= 11 is 0. The maximum atomic E-state index is 13.7. The zero-order valence-electron chi connectivity index (χ0n) is 17.7. The third-order valence-electron chi connectivity index (χ3n) is 4.37. The number of ether oxygens (including phenoxy) is 3. The average molecular weight is 412 g/mol. The number of urea groups is 1. The SMILES string of the molecule is COCN(C(=O)OC(C)(C)C)C(=O)N1C(Cc2ccc(O)c(F)c2)COC1(C)C. The Morgan fingerprint density at radius 2 is 2.03 bits per heavy atom. The minimum atomic E-state index is -0.995. The number of carbonyl (C=O) groups is 2. The lowest BCUT2D eigenvalue weighted by Crippen LogP contribution is -2.56. The van der Waals surface area contributed by atoms with Crippen LogP contribution in [0.5, 0.6) is 5.75 Å². The van der Waals surface area contributed by atoms with E-state index in [9.17, 15) is 19.1 Å². The van der Waals surface area contributed by atoms with Crippen molar-refractivity contribution in [2.45, 2.75) is 58.4 Å². The van der Waals surface area contributed by atoms with Crippen molar-refractivity contribution in [2.24, 2.45) is 0 Å². The number of hydrogen-bond acceptors (Lipinski definition) is 6. The number of methoxy groups -OCH3 is 1. The van der Waals surface area contributed by atoms with Crippen LogP contribution in [-0.2, 0) is 20.6 Å². The van der Waals surface area contributed by atoms with Crippen molar-refractivity contribution in [1.82, 2.24) is 9.80 Å². The van der Waals surface area contributed by atoms with Gasteiger partial charge in [0, 0.05) is 7.11 Å². The van der Waals surface area contributed by atoms with Crippen molar-refractivity contribution in [3.8, 4) is 5.75 Å². The number of hydrogen-bond donors (Lipinski definition) is 1. The van der Waals surface area contributed by atoms with Crippen LogP contribution in [0, 0.1) is 5.82 Å². The van der Waals surface area contributed by atoms with Gasteiger partial charge in [-0.1, -0.05) is 6.07 Å². The molecule has 29 heavy (non-hydrogen) atoms. The van der Waals surface area contributed by atoms with Gasteiger partial charge in [0.1, 0.15) is 18.1 Å². The van der Waals surface area contributed by atoms with E-state index in [1.54, 1.807) is 40.7 Å². The number of benzene rings is 1. The molecule has 0 radical (unpaired) electrons. The summed E-state index contributed by atoms with van der Waals surface area (Å²) < 4.78 is 29.8. The Morgan fingerprint density at radius 3 is 2.59 bits per heavy atom. The molecule has 1 saturated heterocycles. The number of rotatable bonds is 4. The smallest absolute Gasteiger partial charge is 0.420 e. The van der Waals surface area contributed by atoms with E-state index >= 15 is 0 Å². The fourth-order valence-corrected chi connectivity index (χ4v) is 3.13. The number of halogens is 1. The van der Waals surface area contributed by atoms with Crippen LogP contribution in [0.2, 0.25) is 0 Å². The van der Waals surface area contributed by atoms with Gasteiger partial charge in [-0.3, -0.25) is 4.90 Å². The molecule has 162 valence electrons. The fraction of sp³-hybridized carbons (Fsp3) is 0.600. The largest absolute Gasteiger partial charge is 0.505 e. The van der Waals surface area contributed by atoms with Crippen LogP contribution in [0.1, 0.15) is 40.2 Å². The van der Waals surface area contributed by atoms with Crippen molar-refractivity contribution in [1.29, 1.82) is 0 Å². The van der Waals surface area contributed by atoms with Gasteiger partial charge in [-0.2, -0.15) is 0 Å². The number of phenols is 1. The van der Waals surface area contributed by atoms with E-state index in [1.807, 2.05) is 0 Å². The molecule has 1 aromatic rings. The number of aromatic hydroxyl groups is 1. The predicted octanol–water partition coefficient (Wildman–Crippen LogP) is 3.47. The van der Waals surface area contributed by atoms with Gasteiger partial charge >= 0.3 is 12.1 Å². The summed E-state index contributed by atoms with van der Waals surface area (Å²) in [5, 5.41) is 9.38. The molecule has 9 heteroatoms. The Balaban J connectivity index is 2.28. The third-order valence-corrected chi connectivity index (χ3v) is 4.37. The molecule has 1 unspecified atom stereocenters. The Morgan fingerprint density at radius 1 is 1.38 bits per heavy atom. The van der Waals surface area contributed by atoms with E-state index in [0.717, 1.165) is 4.90 Å². The topological polar surface area (TPSA) is 88.5 Å². The first-order valence-corrected chi connectivity index (χ1v) is 9.30. The molecule has 8 nitrogen and oxygen atoms in total. The number of imide groups is 1. The summed E-state index contributed by atoms with van der Waals surface area (Å²) in [4.78, 5) is 28.1. The van der Waals surface area contributed by atoms with Gasteiger partial charge in [-0.15, -0.1) is 0 Å². The molecule has 1 fully saturated rings. The van der Waals surface area contributed by atoms with E-state index in [1.165, 1.54) is 24.1 Å². The highest BCUT2D eigenvalue weighted by atomic mass is 19.1. The van der Waals surface area contributed by atoms with Crippen molar-refractivity contribution >= 4 is 12.1 Å². The van der Waals surface area contributed by atoms with Crippen LogP contribution in [-0.4, -0.2) is 64.8 Å². The van der Waals surface area contributed by atoms with Crippen molar-refractivity contribution in [2.75, 3.05) is 20.4 Å². The van der Waals surface area contributed by atoms with Crippen LogP contribution in [0.3, 0.4) is 0 Å². The van der Waals surface area contributed by atoms with Crippen molar-refractivity contribution < 1.29 is 33.3 Å². The van der Waals surface area contributed by atoms with Gasteiger partial charge in [-0.05, 0) is 58.7 Å². The molecule has 0 aromatic heterocycles. The Kier molecular flexibility index (Phi) is 6.74.